The van der Waals surface area contributed by atoms with Crippen molar-refractivity contribution in [2.45, 2.75) is 20.5 Å². The van der Waals surface area contributed by atoms with Crippen molar-refractivity contribution in [2.24, 2.45) is 0 Å². The Bertz CT molecular complexity index is 640. The number of carboxylic acid groups (broad SMARTS) is 1. The van der Waals surface area contributed by atoms with Crippen LogP contribution in [0.3, 0.4) is 0 Å². The average molecular weight is 282 g/mol. The molecule has 3 nitrogen and oxygen atoms in total. The molecule has 2 aromatic rings. The van der Waals surface area contributed by atoms with Crippen molar-refractivity contribution < 1.29 is 14.6 Å². The van der Waals surface area contributed by atoms with Crippen molar-refractivity contribution in [1.29, 1.82) is 0 Å². The minimum absolute atomic E-state index is 0.355. The van der Waals surface area contributed by atoms with E-state index in [0.29, 0.717) is 12.2 Å². The summed E-state index contributed by atoms with van der Waals surface area (Å²) in [5.41, 5.74) is 3.12. The Morgan fingerprint density at radius 2 is 1.62 bits per heavy atom. The third-order valence-corrected chi connectivity index (χ3v) is 3.42. The first-order valence-electron chi connectivity index (χ1n) is 6.76. The monoisotopic (exact) mass is 282 g/mol. The Hall–Kier alpha value is -2.55. The Morgan fingerprint density at radius 1 is 1.00 bits per heavy atom. The summed E-state index contributed by atoms with van der Waals surface area (Å²) in [5.74, 6) is -0.125. The van der Waals surface area contributed by atoms with Gasteiger partial charge in [0.05, 0.1) is 0 Å². The van der Waals surface area contributed by atoms with Gasteiger partial charge in [-0.1, -0.05) is 42.5 Å². The fourth-order valence-corrected chi connectivity index (χ4v) is 1.92. The first-order valence-corrected chi connectivity index (χ1v) is 6.76. The van der Waals surface area contributed by atoms with Gasteiger partial charge < -0.3 is 9.84 Å². The van der Waals surface area contributed by atoms with Crippen LogP contribution >= 0.6 is 0 Å². The molecule has 0 unspecified atom stereocenters. The number of benzene rings is 2. The minimum Gasteiger partial charge on any atom is -0.489 e. The molecule has 0 aliphatic carbocycles. The quantitative estimate of drug-likeness (QED) is 0.838. The summed E-state index contributed by atoms with van der Waals surface area (Å²) in [5, 5.41) is 9.00. The molecule has 2 aromatic carbocycles. The first-order chi connectivity index (χ1) is 10.1. The Labute approximate surface area is 124 Å². The van der Waals surface area contributed by atoms with Crippen LogP contribution in [-0.4, -0.2) is 11.1 Å². The van der Waals surface area contributed by atoms with Crippen molar-refractivity contribution in [3.05, 3.63) is 71.3 Å². The molecular formula is C18H18O3. The molecule has 2 rings (SSSR count). The van der Waals surface area contributed by atoms with E-state index in [1.165, 1.54) is 0 Å². The lowest BCUT2D eigenvalue weighted by Crippen LogP contribution is -1.99. The van der Waals surface area contributed by atoms with Gasteiger partial charge in [-0.05, 0) is 42.7 Å². The van der Waals surface area contributed by atoms with Crippen LogP contribution in [0.15, 0.2) is 60.2 Å². The number of ether oxygens (including phenoxy) is 1. The lowest BCUT2D eigenvalue weighted by molar-refractivity contribution is -0.132. The molecule has 0 heterocycles. The highest BCUT2D eigenvalue weighted by Gasteiger charge is 2.07. The maximum Gasteiger partial charge on any atom is 0.331 e. The summed E-state index contributed by atoms with van der Waals surface area (Å²) in [6.07, 6.45) is 0. The SMILES string of the molecule is CC(C(=O)O)=C(C)c1ccc(OCc2ccccc2)cc1. The lowest BCUT2D eigenvalue weighted by Gasteiger charge is -2.08. The number of hydrogen-bond acceptors (Lipinski definition) is 2. The van der Waals surface area contributed by atoms with Crippen LogP contribution in [0.2, 0.25) is 0 Å². The van der Waals surface area contributed by atoms with Crippen molar-refractivity contribution in [3.63, 3.8) is 0 Å². The number of carbonyl (C=O) groups is 1. The van der Waals surface area contributed by atoms with Crippen LogP contribution in [0.1, 0.15) is 25.0 Å². The van der Waals surface area contributed by atoms with Crippen molar-refractivity contribution in [3.8, 4) is 5.75 Å². The molecule has 0 fully saturated rings. The van der Waals surface area contributed by atoms with E-state index in [9.17, 15) is 4.79 Å². The summed E-state index contributed by atoms with van der Waals surface area (Å²) in [6.45, 7) is 3.93. The number of carboxylic acids is 1. The van der Waals surface area contributed by atoms with Crippen LogP contribution in [0.4, 0.5) is 0 Å². The number of hydrogen-bond donors (Lipinski definition) is 1. The number of rotatable bonds is 5. The van der Waals surface area contributed by atoms with Gasteiger partial charge in [-0.2, -0.15) is 0 Å². The molecule has 1 N–H and O–H groups in total. The smallest absolute Gasteiger partial charge is 0.331 e. The lowest BCUT2D eigenvalue weighted by atomic mass is 10.0. The standard InChI is InChI=1S/C18H18O3/c1-13(14(2)18(19)20)16-8-10-17(11-9-16)21-12-15-6-4-3-5-7-15/h3-11H,12H2,1-2H3,(H,19,20). The van der Waals surface area contributed by atoms with Crippen LogP contribution < -0.4 is 4.74 Å². The van der Waals surface area contributed by atoms with E-state index in [1.54, 1.807) is 6.92 Å². The van der Waals surface area contributed by atoms with E-state index in [2.05, 4.69) is 0 Å². The molecule has 0 aromatic heterocycles. The second-order valence-corrected chi connectivity index (χ2v) is 4.85. The molecule has 0 atom stereocenters. The predicted molar refractivity (Wildman–Crippen MR) is 83.1 cm³/mol. The normalized spacial score (nSPS) is 11.7. The van der Waals surface area contributed by atoms with Gasteiger partial charge in [0.2, 0.25) is 0 Å². The highest BCUT2D eigenvalue weighted by atomic mass is 16.5. The fraction of sp³-hybridized carbons (Fsp3) is 0.167. The summed E-state index contributed by atoms with van der Waals surface area (Å²) in [7, 11) is 0. The topological polar surface area (TPSA) is 46.5 Å². The molecule has 0 amide bonds. The second-order valence-electron chi connectivity index (χ2n) is 4.85. The minimum atomic E-state index is -0.892. The van der Waals surface area contributed by atoms with Gasteiger partial charge in [-0.15, -0.1) is 0 Å². The van der Waals surface area contributed by atoms with Crippen LogP contribution in [-0.2, 0) is 11.4 Å². The maximum atomic E-state index is 11.0. The summed E-state index contributed by atoms with van der Waals surface area (Å²) in [6, 6.07) is 17.4. The first kappa shape index (κ1) is 14.9. The summed E-state index contributed by atoms with van der Waals surface area (Å²) < 4.78 is 5.70. The van der Waals surface area contributed by atoms with E-state index in [1.807, 2.05) is 61.5 Å². The molecule has 3 heteroatoms. The molecule has 0 bridgehead atoms. The van der Waals surface area contributed by atoms with Crippen LogP contribution in [0.5, 0.6) is 5.75 Å². The molecule has 0 spiro atoms. The van der Waals surface area contributed by atoms with Gasteiger partial charge in [0, 0.05) is 5.57 Å². The summed E-state index contributed by atoms with van der Waals surface area (Å²) >= 11 is 0. The molecule has 0 aliphatic heterocycles. The second kappa shape index (κ2) is 6.75. The van der Waals surface area contributed by atoms with Crippen LogP contribution in [0.25, 0.3) is 5.57 Å². The zero-order valence-corrected chi connectivity index (χ0v) is 12.2. The van der Waals surface area contributed by atoms with E-state index in [-0.39, 0.29) is 0 Å². The van der Waals surface area contributed by atoms with E-state index in [0.717, 1.165) is 22.4 Å². The zero-order valence-electron chi connectivity index (χ0n) is 12.2. The van der Waals surface area contributed by atoms with E-state index in [4.69, 9.17) is 9.84 Å². The maximum absolute atomic E-state index is 11.0. The highest BCUT2D eigenvalue weighted by molar-refractivity contribution is 5.95. The molecule has 108 valence electrons. The summed E-state index contributed by atoms with van der Waals surface area (Å²) in [4.78, 5) is 11.0. The van der Waals surface area contributed by atoms with Gasteiger partial charge in [-0.25, -0.2) is 4.79 Å². The van der Waals surface area contributed by atoms with E-state index >= 15 is 0 Å². The van der Waals surface area contributed by atoms with E-state index < -0.39 is 5.97 Å². The number of allylic oxidation sites excluding steroid dienone is 1. The van der Waals surface area contributed by atoms with Crippen LogP contribution in [0, 0.1) is 0 Å². The number of aliphatic carboxylic acids is 1. The third-order valence-electron chi connectivity index (χ3n) is 3.42. The Balaban J connectivity index is 2.06. The Morgan fingerprint density at radius 3 is 2.19 bits per heavy atom. The molecule has 0 radical (unpaired) electrons. The molecule has 0 aliphatic rings. The van der Waals surface area contributed by atoms with Crippen molar-refractivity contribution in [1.82, 2.24) is 0 Å². The zero-order chi connectivity index (χ0) is 15.2. The Kier molecular flexibility index (Phi) is 4.77. The van der Waals surface area contributed by atoms with Gasteiger partial charge in [-0.3, -0.25) is 0 Å². The van der Waals surface area contributed by atoms with Gasteiger partial charge in [0.1, 0.15) is 12.4 Å². The third kappa shape index (κ3) is 3.96. The molecule has 0 saturated carbocycles. The van der Waals surface area contributed by atoms with Gasteiger partial charge in [0.25, 0.3) is 0 Å². The highest BCUT2D eigenvalue weighted by Crippen LogP contribution is 2.22. The van der Waals surface area contributed by atoms with Gasteiger partial charge in [0.15, 0.2) is 0 Å². The fourth-order valence-electron chi connectivity index (χ4n) is 1.92. The molecular weight excluding hydrogens is 264 g/mol. The van der Waals surface area contributed by atoms with Gasteiger partial charge >= 0.3 is 5.97 Å². The predicted octanol–water partition coefficient (Wildman–Crippen LogP) is 4.14. The van der Waals surface area contributed by atoms with Crippen molar-refractivity contribution in [2.75, 3.05) is 0 Å². The average Bonchev–Trinajstić information content (AvgIpc) is 2.53. The largest absolute Gasteiger partial charge is 0.489 e. The molecule has 21 heavy (non-hydrogen) atoms. The molecule has 0 saturated heterocycles. The van der Waals surface area contributed by atoms with Crippen molar-refractivity contribution >= 4 is 11.5 Å².